The lowest BCUT2D eigenvalue weighted by atomic mass is 10.1. The molecule has 0 saturated heterocycles. The minimum atomic E-state index is -0.103. The highest BCUT2D eigenvalue weighted by atomic mass is 16.3. The molecule has 2 N–H and O–H groups in total. The van der Waals surface area contributed by atoms with E-state index in [0.717, 1.165) is 22.5 Å². The van der Waals surface area contributed by atoms with E-state index in [-0.39, 0.29) is 12.5 Å². The van der Waals surface area contributed by atoms with Gasteiger partial charge in [-0.15, -0.1) is 0 Å². The maximum atomic E-state index is 12.3. The summed E-state index contributed by atoms with van der Waals surface area (Å²) in [6, 6.07) is 13.4. The van der Waals surface area contributed by atoms with E-state index in [4.69, 9.17) is 5.11 Å². The molecular formula is C18H22N2O2. The molecule has 0 saturated carbocycles. The number of hydrogen-bond acceptors (Lipinski definition) is 3. The first-order valence-corrected chi connectivity index (χ1v) is 7.32. The van der Waals surface area contributed by atoms with E-state index in [0.29, 0.717) is 12.1 Å². The minimum Gasteiger partial charge on any atom is -0.395 e. The van der Waals surface area contributed by atoms with Gasteiger partial charge in [0.05, 0.1) is 6.61 Å². The second kappa shape index (κ2) is 7.09. The Labute approximate surface area is 131 Å². The number of likely N-dealkylation sites (N-methyl/N-ethyl adjacent to an activating group) is 1. The van der Waals surface area contributed by atoms with Gasteiger partial charge < -0.3 is 15.3 Å². The number of amides is 1. The Balaban J connectivity index is 2.08. The topological polar surface area (TPSA) is 52.6 Å². The molecule has 2 aromatic carbocycles. The van der Waals surface area contributed by atoms with Crippen molar-refractivity contribution in [1.82, 2.24) is 0 Å². The van der Waals surface area contributed by atoms with Gasteiger partial charge in [0.2, 0.25) is 0 Å². The largest absolute Gasteiger partial charge is 0.395 e. The summed E-state index contributed by atoms with van der Waals surface area (Å²) in [6.07, 6.45) is 0. The number of nitrogens with one attached hydrogen (secondary N) is 1. The van der Waals surface area contributed by atoms with Gasteiger partial charge in [-0.2, -0.15) is 0 Å². The van der Waals surface area contributed by atoms with Crippen molar-refractivity contribution in [1.29, 1.82) is 0 Å². The molecule has 2 rings (SSSR count). The van der Waals surface area contributed by atoms with Crippen LogP contribution < -0.4 is 10.2 Å². The Kier molecular flexibility index (Phi) is 5.17. The summed E-state index contributed by atoms with van der Waals surface area (Å²) in [7, 11) is 1.92. The Bertz CT molecular complexity index is 651. The van der Waals surface area contributed by atoms with Crippen LogP contribution in [0.3, 0.4) is 0 Å². The van der Waals surface area contributed by atoms with Crippen molar-refractivity contribution in [3.63, 3.8) is 0 Å². The summed E-state index contributed by atoms with van der Waals surface area (Å²) in [5, 5.41) is 11.9. The third kappa shape index (κ3) is 3.86. The fraction of sp³-hybridized carbons (Fsp3) is 0.278. The van der Waals surface area contributed by atoms with Crippen molar-refractivity contribution in [3.05, 3.63) is 59.2 Å². The highest BCUT2D eigenvalue weighted by molar-refractivity contribution is 6.05. The molecule has 22 heavy (non-hydrogen) atoms. The standard InChI is InChI=1S/C18H22N2O2/c1-13-4-9-17(14(2)12-13)18(22)19-15-5-7-16(8-6-15)20(3)10-11-21/h4-9,12,21H,10-11H2,1-3H3,(H,19,22). The average Bonchev–Trinajstić information content (AvgIpc) is 2.48. The number of carbonyl (C=O) groups is 1. The van der Waals surface area contributed by atoms with E-state index < -0.39 is 0 Å². The number of nitrogens with zero attached hydrogens (tertiary/aromatic N) is 1. The van der Waals surface area contributed by atoms with Crippen molar-refractivity contribution in [2.24, 2.45) is 0 Å². The van der Waals surface area contributed by atoms with Crippen molar-refractivity contribution in [2.45, 2.75) is 13.8 Å². The number of rotatable bonds is 5. The van der Waals surface area contributed by atoms with E-state index in [2.05, 4.69) is 5.32 Å². The first-order valence-electron chi connectivity index (χ1n) is 7.32. The van der Waals surface area contributed by atoms with Crippen LogP contribution in [-0.2, 0) is 0 Å². The number of aliphatic hydroxyl groups excluding tert-OH is 1. The van der Waals surface area contributed by atoms with Crippen molar-refractivity contribution >= 4 is 17.3 Å². The Hall–Kier alpha value is -2.33. The third-order valence-corrected chi connectivity index (χ3v) is 3.63. The van der Waals surface area contributed by atoms with Crippen LogP contribution in [0.1, 0.15) is 21.5 Å². The van der Waals surface area contributed by atoms with Gasteiger partial charge in [-0.25, -0.2) is 0 Å². The van der Waals surface area contributed by atoms with Crippen LogP contribution in [0.2, 0.25) is 0 Å². The lowest BCUT2D eigenvalue weighted by Crippen LogP contribution is -2.21. The van der Waals surface area contributed by atoms with Crippen LogP contribution in [0.15, 0.2) is 42.5 Å². The summed E-state index contributed by atoms with van der Waals surface area (Å²) in [5.74, 6) is -0.103. The van der Waals surface area contributed by atoms with Crippen molar-refractivity contribution < 1.29 is 9.90 Å². The highest BCUT2D eigenvalue weighted by Gasteiger charge is 2.09. The summed E-state index contributed by atoms with van der Waals surface area (Å²) in [4.78, 5) is 14.3. The number of carbonyl (C=O) groups excluding carboxylic acids is 1. The molecule has 116 valence electrons. The van der Waals surface area contributed by atoms with Crippen LogP contribution in [0.4, 0.5) is 11.4 Å². The van der Waals surface area contributed by atoms with Gasteiger partial charge >= 0.3 is 0 Å². The SMILES string of the molecule is Cc1ccc(C(=O)Nc2ccc(N(C)CCO)cc2)c(C)c1. The molecule has 0 bridgehead atoms. The smallest absolute Gasteiger partial charge is 0.255 e. The number of aryl methyl sites for hydroxylation is 2. The first kappa shape index (κ1) is 16.0. The molecule has 4 nitrogen and oxygen atoms in total. The van der Waals surface area contributed by atoms with E-state index in [1.165, 1.54) is 0 Å². The second-order valence-electron chi connectivity index (χ2n) is 5.46. The molecule has 1 amide bonds. The number of benzene rings is 2. The van der Waals surface area contributed by atoms with Crippen LogP contribution in [0.25, 0.3) is 0 Å². The zero-order valence-electron chi connectivity index (χ0n) is 13.3. The van der Waals surface area contributed by atoms with Crippen LogP contribution in [-0.4, -0.2) is 31.2 Å². The fourth-order valence-corrected chi connectivity index (χ4v) is 2.35. The monoisotopic (exact) mass is 298 g/mol. The quantitative estimate of drug-likeness (QED) is 0.892. The number of anilines is 2. The summed E-state index contributed by atoms with van der Waals surface area (Å²) in [5.41, 5.74) is 4.55. The molecule has 0 atom stereocenters. The summed E-state index contributed by atoms with van der Waals surface area (Å²) in [6.45, 7) is 4.64. The Morgan fingerprint density at radius 1 is 1.14 bits per heavy atom. The molecular weight excluding hydrogens is 276 g/mol. The maximum absolute atomic E-state index is 12.3. The van der Waals surface area contributed by atoms with Gasteiger partial charge in [0.25, 0.3) is 5.91 Å². The predicted molar refractivity (Wildman–Crippen MR) is 90.7 cm³/mol. The Morgan fingerprint density at radius 3 is 2.41 bits per heavy atom. The van der Waals surface area contributed by atoms with E-state index in [1.807, 2.05) is 68.3 Å². The Morgan fingerprint density at radius 2 is 1.82 bits per heavy atom. The molecule has 2 aromatic rings. The summed E-state index contributed by atoms with van der Waals surface area (Å²) >= 11 is 0. The molecule has 0 spiro atoms. The molecule has 0 radical (unpaired) electrons. The van der Waals surface area contributed by atoms with Crippen LogP contribution in [0, 0.1) is 13.8 Å². The normalized spacial score (nSPS) is 10.4. The van der Waals surface area contributed by atoms with Crippen LogP contribution in [0.5, 0.6) is 0 Å². The average molecular weight is 298 g/mol. The molecule has 4 heteroatoms. The molecule has 0 unspecified atom stereocenters. The second-order valence-corrected chi connectivity index (χ2v) is 5.46. The van der Waals surface area contributed by atoms with Crippen LogP contribution >= 0.6 is 0 Å². The molecule has 0 aliphatic heterocycles. The lowest BCUT2D eigenvalue weighted by Gasteiger charge is -2.18. The van der Waals surface area contributed by atoms with Crippen molar-refractivity contribution in [2.75, 3.05) is 30.4 Å². The summed E-state index contributed by atoms with van der Waals surface area (Å²) < 4.78 is 0. The number of aliphatic hydroxyl groups is 1. The van der Waals surface area contributed by atoms with Gasteiger partial charge in [0, 0.05) is 30.5 Å². The zero-order valence-corrected chi connectivity index (χ0v) is 13.3. The molecule has 0 aliphatic carbocycles. The predicted octanol–water partition coefficient (Wildman–Crippen LogP) is 2.98. The molecule has 0 aliphatic rings. The van der Waals surface area contributed by atoms with E-state index in [9.17, 15) is 4.79 Å². The third-order valence-electron chi connectivity index (χ3n) is 3.63. The highest BCUT2D eigenvalue weighted by Crippen LogP contribution is 2.18. The zero-order chi connectivity index (χ0) is 16.1. The van der Waals surface area contributed by atoms with Gasteiger partial charge in [-0.3, -0.25) is 4.79 Å². The van der Waals surface area contributed by atoms with E-state index in [1.54, 1.807) is 0 Å². The number of hydrogen-bond donors (Lipinski definition) is 2. The fourth-order valence-electron chi connectivity index (χ4n) is 2.35. The lowest BCUT2D eigenvalue weighted by molar-refractivity contribution is 0.102. The molecule has 0 heterocycles. The van der Waals surface area contributed by atoms with Gasteiger partial charge in [0.1, 0.15) is 0 Å². The van der Waals surface area contributed by atoms with Crippen molar-refractivity contribution in [3.8, 4) is 0 Å². The maximum Gasteiger partial charge on any atom is 0.255 e. The molecule has 0 aromatic heterocycles. The van der Waals surface area contributed by atoms with Gasteiger partial charge in [0.15, 0.2) is 0 Å². The van der Waals surface area contributed by atoms with Gasteiger partial charge in [-0.05, 0) is 49.7 Å². The van der Waals surface area contributed by atoms with Gasteiger partial charge in [-0.1, -0.05) is 17.7 Å². The molecule has 0 fully saturated rings. The first-order chi connectivity index (χ1) is 10.5. The minimum absolute atomic E-state index is 0.103. The van der Waals surface area contributed by atoms with E-state index >= 15 is 0 Å².